The first kappa shape index (κ1) is 12.5. The maximum absolute atomic E-state index is 12.2. The second kappa shape index (κ2) is 4.67. The zero-order chi connectivity index (χ0) is 14.4. The second-order valence-corrected chi connectivity index (χ2v) is 6.18. The van der Waals surface area contributed by atoms with Crippen LogP contribution in [0.4, 0.5) is 5.69 Å². The van der Waals surface area contributed by atoms with Crippen molar-refractivity contribution >= 4 is 33.0 Å². The Bertz CT molecular complexity index is 852. The van der Waals surface area contributed by atoms with E-state index >= 15 is 0 Å². The molecule has 1 aromatic carbocycles. The number of nitrogens with two attached hydrogens (primary N) is 1. The van der Waals surface area contributed by atoms with Crippen molar-refractivity contribution in [2.24, 2.45) is 0 Å². The van der Waals surface area contributed by atoms with Gasteiger partial charge in [-0.05, 0) is 18.4 Å². The number of carbonyl (C=O) groups is 1. The molecule has 0 saturated heterocycles. The van der Waals surface area contributed by atoms with Gasteiger partial charge in [0.05, 0.1) is 16.9 Å². The van der Waals surface area contributed by atoms with Crippen LogP contribution in [0.1, 0.15) is 28.9 Å². The molecule has 3 nitrogen and oxygen atoms in total. The lowest BCUT2D eigenvalue weighted by atomic mass is 9.91. The van der Waals surface area contributed by atoms with E-state index in [0.717, 1.165) is 39.9 Å². The van der Waals surface area contributed by atoms with Gasteiger partial charge in [0.25, 0.3) is 0 Å². The lowest BCUT2D eigenvalue weighted by molar-refractivity contribution is 0.0973. The third-order valence-corrected chi connectivity index (χ3v) is 4.89. The van der Waals surface area contributed by atoms with Gasteiger partial charge in [0.15, 0.2) is 5.78 Å². The predicted molar refractivity (Wildman–Crippen MR) is 86.7 cm³/mol. The fraction of sp³-hybridized carbons (Fsp3) is 0.176. The van der Waals surface area contributed by atoms with Gasteiger partial charge in [-0.15, -0.1) is 11.3 Å². The normalized spacial score (nSPS) is 14.4. The fourth-order valence-electron chi connectivity index (χ4n) is 3.01. The summed E-state index contributed by atoms with van der Waals surface area (Å²) in [6.45, 7) is 0. The molecule has 1 aliphatic rings. The Morgan fingerprint density at radius 3 is 2.76 bits per heavy atom. The molecule has 1 aliphatic carbocycles. The van der Waals surface area contributed by atoms with Gasteiger partial charge in [0, 0.05) is 22.8 Å². The molecule has 2 heterocycles. The van der Waals surface area contributed by atoms with Crippen molar-refractivity contribution in [3.63, 3.8) is 0 Å². The molecule has 0 radical (unpaired) electrons. The Balaban J connectivity index is 2.04. The van der Waals surface area contributed by atoms with Crippen LogP contribution in [0.5, 0.6) is 0 Å². The van der Waals surface area contributed by atoms with E-state index in [1.165, 1.54) is 0 Å². The maximum atomic E-state index is 12.2. The van der Waals surface area contributed by atoms with E-state index in [9.17, 15) is 4.79 Å². The number of nitrogens with zero attached hydrogens (tertiary/aromatic N) is 1. The Hall–Kier alpha value is -2.20. The largest absolute Gasteiger partial charge is 0.397 e. The molecular weight excluding hydrogens is 280 g/mol. The van der Waals surface area contributed by atoms with Crippen molar-refractivity contribution in [1.29, 1.82) is 0 Å². The summed E-state index contributed by atoms with van der Waals surface area (Å²) in [4.78, 5) is 17.8. The molecule has 4 heteroatoms. The third-order valence-electron chi connectivity index (χ3n) is 4.02. The summed E-state index contributed by atoms with van der Waals surface area (Å²) in [6.07, 6.45) is 2.30. The van der Waals surface area contributed by atoms with Crippen LogP contribution in [0.3, 0.4) is 0 Å². The number of benzene rings is 1. The summed E-state index contributed by atoms with van der Waals surface area (Å²) in [5.74, 6) is 0.133. The topological polar surface area (TPSA) is 56.0 Å². The molecule has 4 rings (SSSR count). The minimum absolute atomic E-state index is 0.133. The third kappa shape index (κ3) is 1.87. The summed E-state index contributed by atoms with van der Waals surface area (Å²) in [5.41, 5.74) is 10.7. The van der Waals surface area contributed by atoms with Crippen LogP contribution in [-0.4, -0.2) is 10.8 Å². The number of carbonyl (C=O) groups excluding carboxylic acids is 1. The number of aryl methyl sites for hydroxylation is 1. The molecule has 0 bridgehead atoms. The zero-order valence-corrected chi connectivity index (χ0v) is 12.2. The number of Topliss-reactive ketones (excluding diaryl/α,β-unsaturated/α-hetero) is 1. The molecule has 0 fully saturated rings. The fourth-order valence-corrected chi connectivity index (χ4v) is 4.00. The molecule has 104 valence electrons. The number of thiophene rings is 1. The van der Waals surface area contributed by atoms with Crippen molar-refractivity contribution in [1.82, 2.24) is 4.98 Å². The average molecular weight is 294 g/mol. The highest BCUT2D eigenvalue weighted by Crippen LogP contribution is 2.40. The second-order valence-electron chi connectivity index (χ2n) is 5.32. The van der Waals surface area contributed by atoms with Gasteiger partial charge in [-0.2, -0.15) is 0 Å². The minimum Gasteiger partial charge on any atom is -0.397 e. The first-order valence-corrected chi connectivity index (χ1v) is 7.92. The van der Waals surface area contributed by atoms with Crippen LogP contribution in [0.2, 0.25) is 0 Å². The lowest BCUT2D eigenvalue weighted by Gasteiger charge is -2.16. The summed E-state index contributed by atoms with van der Waals surface area (Å²) in [5, 5.41) is 3.01. The number of aromatic nitrogens is 1. The highest BCUT2D eigenvalue weighted by Gasteiger charge is 2.25. The SMILES string of the molecule is Nc1c2c(nc3scc(-c4ccccc4)c13)CCCC2=O. The van der Waals surface area contributed by atoms with Crippen LogP contribution < -0.4 is 5.73 Å². The molecular formula is C17H14N2OS. The smallest absolute Gasteiger partial charge is 0.166 e. The molecule has 3 aromatic rings. The number of anilines is 1. The van der Waals surface area contributed by atoms with Gasteiger partial charge in [0.1, 0.15) is 4.83 Å². The van der Waals surface area contributed by atoms with Gasteiger partial charge in [0.2, 0.25) is 0 Å². The van der Waals surface area contributed by atoms with Crippen molar-refractivity contribution in [2.45, 2.75) is 19.3 Å². The van der Waals surface area contributed by atoms with Gasteiger partial charge in [-0.25, -0.2) is 4.98 Å². The lowest BCUT2D eigenvalue weighted by Crippen LogP contribution is -2.15. The summed E-state index contributed by atoms with van der Waals surface area (Å²) >= 11 is 1.59. The zero-order valence-electron chi connectivity index (χ0n) is 11.4. The minimum atomic E-state index is 0.133. The van der Waals surface area contributed by atoms with E-state index in [1.807, 2.05) is 18.2 Å². The van der Waals surface area contributed by atoms with E-state index in [4.69, 9.17) is 10.7 Å². The number of fused-ring (bicyclic) bond motifs is 2. The molecule has 2 aromatic heterocycles. The quantitative estimate of drug-likeness (QED) is 0.736. The van der Waals surface area contributed by atoms with Crippen molar-refractivity contribution in [2.75, 3.05) is 5.73 Å². The highest BCUT2D eigenvalue weighted by molar-refractivity contribution is 7.17. The van der Waals surface area contributed by atoms with Crippen LogP contribution in [0.15, 0.2) is 35.7 Å². The molecule has 21 heavy (non-hydrogen) atoms. The van der Waals surface area contributed by atoms with Crippen LogP contribution >= 0.6 is 11.3 Å². The van der Waals surface area contributed by atoms with Crippen molar-refractivity contribution < 1.29 is 4.79 Å². The van der Waals surface area contributed by atoms with Gasteiger partial charge in [-0.1, -0.05) is 30.3 Å². The van der Waals surface area contributed by atoms with E-state index in [1.54, 1.807) is 11.3 Å². The Morgan fingerprint density at radius 2 is 1.95 bits per heavy atom. The maximum Gasteiger partial charge on any atom is 0.166 e. The monoisotopic (exact) mass is 294 g/mol. The predicted octanol–water partition coefficient (Wildman–Crippen LogP) is 4.06. The Labute approximate surface area is 126 Å². The van der Waals surface area contributed by atoms with Gasteiger partial charge < -0.3 is 5.73 Å². The number of hydrogen-bond donors (Lipinski definition) is 1. The Morgan fingerprint density at radius 1 is 1.14 bits per heavy atom. The van der Waals surface area contributed by atoms with E-state index in [-0.39, 0.29) is 5.78 Å². The summed E-state index contributed by atoms with van der Waals surface area (Å²) in [7, 11) is 0. The first-order valence-electron chi connectivity index (χ1n) is 7.04. The van der Waals surface area contributed by atoms with Crippen LogP contribution in [0.25, 0.3) is 21.3 Å². The average Bonchev–Trinajstić information content (AvgIpc) is 2.92. The first-order chi connectivity index (χ1) is 10.3. The summed E-state index contributed by atoms with van der Waals surface area (Å²) < 4.78 is 0. The van der Waals surface area contributed by atoms with Crippen molar-refractivity contribution in [3.05, 3.63) is 47.0 Å². The number of pyridine rings is 1. The van der Waals surface area contributed by atoms with Gasteiger partial charge in [-0.3, -0.25) is 4.79 Å². The van der Waals surface area contributed by atoms with E-state index in [0.29, 0.717) is 17.7 Å². The molecule has 0 aliphatic heterocycles. The number of hydrogen-bond acceptors (Lipinski definition) is 4. The van der Waals surface area contributed by atoms with Crippen molar-refractivity contribution in [3.8, 4) is 11.1 Å². The number of ketones is 1. The standard InChI is InChI=1S/C17H14N2OS/c18-16-14-11(10-5-2-1-3-6-10)9-21-17(14)19-12-7-4-8-13(20)15(12)16/h1-3,5-6,9H,4,7-8H2,(H2,18,19). The molecule has 0 atom stereocenters. The van der Waals surface area contributed by atoms with Gasteiger partial charge >= 0.3 is 0 Å². The number of nitrogen functional groups attached to an aromatic ring is 1. The molecule has 0 spiro atoms. The molecule has 0 saturated carbocycles. The van der Waals surface area contributed by atoms with Crippen LogP contribution in [-0.2, 0) is 6.42 Å². The Kier molecular flexibility index (Phi) is 2.79. The number of rotatable bonds is 1. The van der Waals surface area contributed by atoms with E-state index in [2.05, 4.69) is 17.5 Å². The van der Waals surface area contributed by atoms with E-state index < -0.39 is 0 Å². The van der Waals surface area contributed by atoms with Crippen LogP contribution in [0, 0.1) is 0 Å². The summed E-state index contributed by atoms with van der Waals surface area (Å²) in [6, 6.07) is 10.1. The molecule has 0 amide bonds. The molecule has 2 N–H and O–H groups in total. The molecule has 0 unspecified atom stereocenters. The highest BCUT2D eigenvalue weighted by atomic mass is 32.1.